The number of hydrogen-bond donors (Lipinski definition) is 3. The van der Waals surface area contributed by atoms with Crippen molar-refractivity contribution in [3.63, 3.8) is 0 Å². The summed E-state index contributed by atoms with van der Waals surface area (Å²) in [5, 5.41) is 6.35. The van der Waals surface area contributed by atoms with Crippen LogP contribution in [0.4, 0.5) is 28.7 Å². The van der Waals surface area contributed by atoms with E-state index in [1.807, 2.05) is 54.6 Å². The van der Waals surface area contributed by atoms with Gasteiger partial charge >= 0.3 is 0 Å². The van der Waals surface area contributed by atoms with E-state index in [4.69, 9.17) is 10.5 Å². The number of ketones is 1. The number of para-hydroxylation sites is 1. The molecule has 1 heterocycles. The Hall–Kier alpha value is -4.39. The molecule has 0 bridgehead atoms. The maximum Gasteiger partial charge on any atom is 0.159 e. The van der Waals surface area contributed by atoms with Crippen LogP contribution in [0.5, 0.6) is 11.5 Å². The number of carbonyl (C=O) groups excluding carboxylic acids is 1. The molecular weight excluding hydrogens is 390 g/mol. The van der Waals surface area contributed by atoms with Gasteiger partial charge in [-0.3, -0.25) is 4.79 Å². The van der Waals surface area contributed by atoms with E-state index in [-0.39, 0.29) is 5.78 Å². The maximum atomic E-state index is 11.4. The molecule has 3 aromatic carbocycles. The summed E-state index contributed by atoms with van der Waals surface area (Å²) in [6.07, 6.45) is 1.43. The number of Topliss-reactive ketones (excluding diaryl/α,β-unsaturated/α-hetero) is 1. The number of nitrogens with two attached hydrogens (primary N) is 1. The molecule has 1 aromatic heterocycles. The first kappa shape index (κ1) is 19.9. The molecule has 0 aliphatic heterocycles. The Bertz CT molecular complexity index is 1180. The van der Waals surface area contributed by atoms with E-state index in [2.05, 4.69) is 20.6 Å². The molecule has 4 N–H and O–H groups in total. The van der Waals surface area contributed by atoms with E-state index in [9.17, 15) is 4.79 Å². The standard InChI is InChI=1S/C24H21N5O2/c1-16(30)17-7-9-18(10-8-17)28-23-22(25)24(27-15-26-23)29-19-11-13-21(14-12-19)31-20-5-3-2-4-6-20/h2-15H,25H2,1H3,(H2,26,27,28,29). The lowest BCUT2D eigenvalue weighted by Gasteiger charge is -2.13. The number of aromatic nitrogens is 2. The monoisotopic (exact) mass is 411 g/mol. The van der Waals surface area contributed by atoms with Crippen molar-refractivity contribution >= 4 is 34.5 Å². The quantitative estimate of drug-likeness (QED) is 0.343. The maximum absolute atomic E-state index is 11.4. The molecule has 0 fully saturated rings. The summed E-state index contributed by atoms with van der Waals surface area (Å²) < 4.78 is 5.81. The summed E-state index contributed by atoms with van der Waals surface area (Å²) in [4.78, 5) is 19.9. The first-order chi connectivity index (χ1) is 15.1. The van der Waals surface area contributed by atoms with Crippen LogP contribution in [0.2, 0.25) is 0 Å². The van der Waals surface area contributed by atoms with Gasteiger partial charge in [0.1, 0.15) is 23.5 Å². The van der Waals surface area contributed by atoms with Gasteiger partial charge in [0, 0.05) is 16.9 Å². The van der Waals surface area contributed by atoms with Crippen molar-refractivity contribution in [1.29, 1.82) is 0 Å². The van der Waals surface area contributed by atoms with Crippen molar-refractivity contribution in [3.05, 3.63) is 90.8 Å². The molecule has 31 heavy (non-hydrogen) atoms. The zero-order valence-corrected chi connectivity index (χ0v) is 16.9. The van der Waals surface area contributed by atoms with Crippen molar-refractivity contribution in [2.45, 2.75) is 6.92 Å². The van der Waals surface area contributed by atoms with Gasteiger partial charge < -0.3 is 21.1 Å². The van der Waals surface area contributed by atoms with Crippen LogP contribution in [0.25, 0.3) is 0 Å². The fourth-order valence-corrected chi connectivity index (χ4v) is 2.89. The molecule has 0 aliphatic carbocycles. The molecule has 4 rings (SSSR count). The summed E-state index contributed by atoms with van der Waals surface area (Å²) >= 11 is 0. The van der Waals surface area contributed by atoms with Crippen LogP contribution >= 0.6 is 0 Å². The zero-order chi connectivity index (χ0) is 21.6. The molecule has 154 valence electrons. The largest absolute Gasteiger partial charge is 0.457 e. The number of rotatable bonds is 7. The number of benzene rings is 3. The zero-order valence-electron chi connectivity index (χ0n) is 16.9. The lowest BCUT2D eigenvalue weighted by Crippen LogP contribution is -2.05. The summed E-state index contributed by atoms with van der Waals surface area (Å²) in [6.45, 7) is 1.53. The van der Waals surface area contributed by atoms with Gasteiger partial charge in [-0.1, -0.05) is 18.2 Å². The second-order valence-electron chi connectivity index (χ2n) is 6.81. The molecule has 4 aromatic rings. The number of nitrogen functional groups attached to an aromatic ring is 1. The molecular formula is C24H21N5O2. The highest BCUT2D eigenvalue weighted by atomic mass is 16.5. The SMILES string of the molecule is CC(=O)c1ccc(Nc2ncnc(Nc3ccc(Oc4ccccc4)cc3)c2N)cc1. The molecule has 7 heteroatoms. The minimum atomic E-state index is 0.0137. The molecule has 0 saturated heterocycles. The topological polar surface area (TPSA) is 102 Å². The number of ether oxygens (including phenoxy) is 1. The second-order valence-corrected chi connectivity index (χ2v) is 6.81. The van der Waals surface area contributed by atoms with E-state index >= 15 is 0 Å². The summed E-state index contributed by atoms with van der Waals surface area (Å²) in [5.41, 5.74) is 8.86. The van der Waals surface area contributed by atoms with Gasteiger partial charge in [-0.2, -0.15) is 0 Å². The Labute approximate surface area is 179 Å². The Morgan fingerprint density at radius 3 is 1.84 bits per heavy atom. The van der Waals surface area contributed by atoms with Crippen LogP contribution in [0.3, 0.4) is 0 Å². The number of hydrogen-bond acceptors (Lipinski definition) is 7. The van der Waals surface area contributed by atoms with Crippen LogP contribution in [0, 0.1) is 0 Å². The minimum absolute atomic E-state index is 0.0137. The predicted octanol–water partition coefficient (Wildman–Crippen LogP) is 5.54. The minimum Gasteiger partial charge on any atom is -0.457 e. The first-order valence-electron chi connectivity index (χ1n) is 9.67. The second kappa shape index (κ2) is 8.96. The molecule has 0 atom stereocenters. The Morgan fingerprint density at radius 2 is 1.29 bits per heavy atom. The van der Waals surface area contributed by atoms with Gasteiger partial charge in [0.2, 0.25) is 0 Å². The van der Waals surface area contributed by atoms with Crippen molar-refractivity contribution in [2.24, 2.45) is 0 Å². The average molecular weight is 411 g/mol. The number of nitrogens with one attached hydrogen (secondary N) is 2. The van der Waals surface area contributed by atoms with E-state index in [1.165, 1.54) is 13.3 Å². The molecule has 0 spiro atoms. The van der Waals surface area contributed by atoms with Crippen LogP contribution in [-0.2, 0) is 0 Å². The number of anilines is 5. The third kappa shape index (κ3) is 4.97. The fourth-order valence-electron chi connectivity index (χ4n) is 2.89. The van der Waals surface area contributed by atoms with E-state index < -0.39 is 0 Å². The predicted molar refractivity (Wildman–Crippen MR) is 122 cm³/mol. The van der Waals surface area contributed by atoms with Crippen molar-refractivity contribution in [1.82, 2.24) is 9.97 Å². The van der Waals surface area contributed by atoms with Crippen LogP contribution < -0.4 is 21.1 Å². The van der Waals surface area contributed by atoms with Gasteiger partial charge in [0.15, 0.2) is 17.4 Å². The Balaban J connectivity index is 1.46. The van der Waals surface area contributed by atoms with Crippen LogP contribution in [0.15, 0.2) is 85.2 Å². The molecule has 0 amide bonds. The average Bonchev–Trinajstić information content (AvgIpc) is 2.79. The van der Waals surface area contributed by atoms with Crippen LogP contribution in [0.1, 0.15) is 17.3 Å². The highest BCUT2D eigenvalue weighted by molar-refractivity contribution is 5.94. The highest BCUT2D eigenvalue weighted by Crippen LogP contribution is 2.29. The summed E-state index contributed by atoms with van der Waals surface area (Å²) in [6, 6.07) is 24.2. The number of carbonyl (C=O) groups is 1. The third-order valence-corrected chi connectivity index (χ3v) is 4.53. The summed E-state index contributed by atoms with van der Waals surface area (Å²) in [5.74, 6) is 2.46. The Morgan fingerprint density at radius 1 is 0.774 bits per heavy atom. The van der Waals surface area contributed by atoms with Crippen molar-refractivity contribution in [3.8, 4) is 11.5 Å². The molecule has 0 unspecified atom stereocenters. The molecule has 0 aliphatic rings. The first-order valence-corrected chi connectivity index (χ1v) is 9.67. The lowest BCUT2D eigenvalue weighted by atomic mass is 10.1. The van der Waals surface area contributed by atoms with Crippen molar-refractivity contribution < 1.29 is 9.53 Å². The highest BCUT2D eigenvalue weighted by Gasteiger charge is 2.09. The Kier molecular flexibility index (Phi) is 5.75. The smallest absolute Gasteiger partial charge is 0.159 e. The van der Waals surface area contributed by atoms with Crippen LogP contribution in [-0.4, -0.2) is 15.8 Å². The molecule has 7 nitrogen and oxygen atoms in total. The van der Waals surface area contributed by atoms with Gasteiger partial charge in [-0.05, 0) is 67.6 Å². The van der Waals surface area contributed by atoms with E-state index in [0.717, 1.165) is 22.9 Å². The van der Waals surface area contributed by atoms with Crippen molar-refractivity contribution in [2.75, 3.05) is 16.4 Å². The van der Waals surface area contributed by atoms with E-state index in [0.29, 0.717) is 22.9 Å². The molecule has 0 saturated carbocycles. The van der Waals surface area contributed by atoms with E-state index in [1.54, 1.807) is 24.3 Å². The lowest BCUT2D eigenvalue weighted by molar-refractivity contribution is 0.101. The normalized spacial score (nSPS) is 10.4. The van der Waals surface area contributed by atoms with Gasteiger partial charge in [-0.15, -0.1) is 0 Å². The third-order valence-electron chi connectivity index (χ3n) is 4.53. The van der Waals surface area contributed by atoms with Gasteiger partial charge in [-0.25, -0.2) is 9.97 Å². The van der Waals surface area contributed by atoms with Gasteiger partial charge in [0.05, 0.1) is 0 Å². The number of nitrogens with zero attached hydrogens (tertiary/aromatic N) is 2. The molecule has 0 radical (unpaired) electrons. The fraction of sp³-hybridized carbons (Fsp3) is 0.0417. The van der Waals surface area contributed by atoms with Gasteiger partial charge in [0.25, 0.3) is 0 Å². The summed E-state index contributed by atoms with van der Waals surface area (Å²) in [7, 11) is 0.